The lowest BCUT2D eigenvalue weighted by Crippen LogP contribution is -2.15. The Labute approximate surface area is 159 Å². The van der Waals surface area contributed by atoms with Gasteiger partial charge in [0.15, 0.2) is 0 Å². The van der Waals surface area contributed by atoms with Crippen LogP contribution in [0.25, 0.3) is 17.4 Å². The van der Waals surface area contributed by atoms with E-state index in [2.05, 4.69) is 11.9 Å². The van der Waals surface area contributed by atoms with Crippen LogP contribution in [0, 0.1) is 0 Å². The second-order valence-electron chi connectivity index (χ2n) is 5.02. The van der Waals surface area contributed by atoms with Crippen molar-refractivity contribution in [3.8, 4) is 11.3 Å². The van der Waals surface area contributed by atoms with Gasteiger partial charge in [-0.2, -0.15) is 0 Å². The van der Waals surface area contributed by atoms with Gasteiger partial charge in [0.05, 0.1) is 10.5 Å². The lowest BCUT2D eigenvalue weighted by molar-refractivity contribution is 0.0550. The standard InChI is InChI=1S/C18H13NO3S3/c1-2-8-21-17(20)12-5-3-4-11(9-12)14-7-6-13(22-14)10-15-16(23)19-18(24)25-15/h2-7,9-10H,1,8H2,(H,19,23,24). The number of hydrogen-bond donors (Lipinski definition) is 1. The lowest BCUT2D eigenvalue weighted by Gasteiger charge is -2.03. The molecule has 3 rings (SSSR count). The zero-order valence-corrected chi connectivity index (χ0v) is 15.4. The van der Waals surface area contributed by atoms with Gasteiger partial charge in [-0.15, -0.1) is 0 Å². The van der Waals surface area contributed by atoms with Gasteiger partial charge in [-0.25, -0.2) is 4.79 Å². The van der Waals surface area contributed by atoms with Crippen LogP contribution >= 0.6 is 36.2 Å². The summed E-state index contributed by atoms with van der Waals surface area (Å²) in [7, 11) is 0. The molecule has 4 nitrogen and oxygen atoms in total. The van der Waals surface area contributed by atoms with Crippen LogP contribution in [0.5, 0.6) is 0 Å². The monoisotopic (exact) mass is 387 g/mol. The summed E-state index contributed by atoms with van der Waals surface area (Å²) in [5, 5.41) is 2.92. The van der Waals surface area contributed by atoms with Crippen LogP contribution in [0.2, 0.25) is 0 Å². The molecule has 0 saturated carbocycles. The van der Waals surface area contributed by atoms with E-state index in [9.17, 15) is 4.79 Å². The van der Waals surface area contributed by atoms with Crippen LogP contribution in [-0.4, -0.2) is 21.9 Å². The Morgan fingerprint density at radius 2 is 2.16 bits per heavy atom. The summed E-state index contributed by atoms with van der Waals surface area (Å²) < 4.78 is 11.5. The van der Waals surface area contributed by atoms with Crippen LogP contribution in [0.3, 0.4) is 0 Å². The Kier molecular flexibility index (Phi) is 5.47. The number of benzene rings is 1. The van der Waals surface area contributed by atoms with Crippen molar-refractivity contribution < 1.29 is 13.9 Å². The van der Waals surface area contributed by atoms with Gasteiger partial charge < -0.3 is 14.5 Å². The minimum Gasteiger partial charge on any atom is -0.458 e. The molecule has 2 aromatic rings. The summed E-state index contributed by atoms with van der Waals surface area (Å²) in [4.78, 5) is 13.4. The summed E-state index contributed by atoms with van der Waals surface area (Å²) >= 11 is 11.7. The molecule has 0 atom stereocenters. The third-order valence-corrected chi connectivity index (χ3v) is 4.89. The van der Waals surface area contributed by atoms with E-state index in [1.165, 1.54) is 17.8 Å². The van der Waals surface area contributed by atoms with E-state index in [1.807, 2.05) is 24.3 Å². The van der Waals surface area contributed by atoms with Crippen molar-refractivity contribution >= 4 is 57.6 Å². The van der Waals surface area contributed by atoms with Crippen LogP contribution < -0.4 is 5.32 Å². The molecule has 25 heavy (non-hydrogen) atoms. The summed E-state index contributed by atoms with van der Waals surface area (Å²) in [6, 6.07) is 10.8. The van der Waals surface area contributed by atoms with Crippen LogP contribution in [0.4, 0.5) is 0 Å². The zero-order valence-electron chi connectivity index (χ0n) is 13.0. The second kappa shape index (κ2) is 7.77. The molecule has 1 aromatic carbocycles. The largest absolute Gasteiger partial charge is 0.458 e. The number of thioether (sulfide) groups is 1. The summed E-state index contributed by atoms with van der Waals surface area (Å²) in [6.45, 7) is 3.70. The minimum absolute atomic E-state index is 0.176. The van der Waals surface area contributed by atoms with E-state index in [0.717, 1.165) is 10.5 Å². The molecule has 1 fully saturated rings. The predicted octanol–water partition coefficient (Wildman–Crippen LogP) is 4.58. The topological polar surface area (TPSA) is 51.5 Å². The van der Waals surface area contributed by atoms with Crippen molar-refractivity contribution in [3.05, 3.63) is 65.3 Å². The molecular weight excluding hydrogens is 374 g/mol. The molecule has 1 aliphatic heterocycles. The summed E-state index contributed by atoms with van der Waals surface area (Å²) in [6.07, 6.45) is 3.37. The molecule has 0 radical (unpaired) electrons. The van der Waals surface area contributed by atoms with Gasteiger partial charge in [-0.1, -0.05) is 61.0 Å². The quantitative estimate of drug-likeness (QED) is 0.349. The Morgan fingerprint density at radius 1 is 1.32 bits per heavy atom. The first-order chi connectivity index (χ1) is 12.1. The number of thiocarbonyl (C=S) groups is 2. The number of ether oxygens (including phenoxy) is 1. The highest BCUT2D eigenvalue weighted by molar-refractivity contribution is 8.27. The molecule has 1 N–H and O–H groups in total. The van der Waals surface area contributed by atoms with Gasteiger partial charge in [-0.05, 0) is 30.3 Å². The normalized spacial score (nSPS) is 15.3. The van der Waals surface area contributed by atoms with Crippen molar-refractivity contribution in [3.63, 3.8) is 0 Å². The van der Waals surface area contributed by atoms with Gasteiger partial charge in [0.2, 0.25) is 0 Å². The minimum atomic E-state index is -0.400. The highest BCUT2D eigenvalue weighted by atomic mass is 32.2. The van der Waals surface area contributed by atoms with Gasteiger partial charge >= 0.3 is 5.97 Å². The molecule has 1 saturated heterocycles. The molecule has 7 heteroatoms. The summed E-state index contributed by atoms with van der Waals surface area (Å²) in [5.74, 6) is 0.906. The average molecular weight is 388 g/mol. The molecule has 0 unspecified atom stereocenters. The van der Waals surface area contributed by atoms with Crippen molar-refractivity contribution in [2.24, 2.45) is 0 Å². The first-order valence-electron chi connectivity index (χ1n) is 7.30. The predicted molar refractivity (Wildman–Crippen MR) is 109 cm³/mol. The maximum atomic E-state index is 11.9. The maximum absolute atomic E-state index is 11.9. The fraction of sp³-hybridized carbons (Fsp3) is 0.0556. The van der Waals surface area contributed by atoms with Crippen molar-refractivity contribution in [2.75, 3.05) is 6.61 Å². The molecular formula is C18H13NO3S3. The molecule has 0 spiro atoms. The second-order valence-corrected chi connectivity index (χ2v) is 7.15. The Balaban J connectivity index is 1.82. The molecule has 0 amide bonds. The van der Waals surface area contributed by atoms with E-state index >= 15 is 0 Å². The summed E-state index contributed by atoms with van der Waals surface area (Å²) in [5.41, 5.74) is 1.24. The first-order valence-corrected chi connectivity index (χ1v) is 8.93. The van der Waals surface area contributed by atoms with E-state index in [0.29, 0.717) is 26.4 Å². The molecule has 1 aliphatic rings. The highest BCUT2D eigenvalue weighted by Gasteiger charge is 2.19. The Bertz CT molecular complexity index is 898. The molecule has 0 bridgehead atoms. The van der Waals surface area contributed by atoms with E-state index in [-0.39, 0.29) is 6.61 Å². The SMILES string of the molecule is C=CCOC(=O)c1cccc(-c2ccc(C=C3SC(=S)NC3=S)o2)c1. The molecule has 0 aliphatic carbocycles. The number of carbonyl (C=O) groups excluding carboxylic acids is 1. The van der Waals surface area contributed by atoms with E-state index in [4.69, 9.17) is 33.6 Å². The number of carbonyl (C=O) groups is 1. The van der Waals surface area contributed by atoms with E-state index < -0.39 is 5.97 Å². The Hall–Kier alpha value is -2.22. The van der Waals surface area contributed by atoms with Gasteiger partial charge in [-0.3, -0.25) is 0 Å². The van der Waals surface area contributed by atoms with Gasteiger partial charge in [0.1, 0.15) is 27.4 Å². The van der Waals surface area contributed by atoms with Gasteiger partial charge in [0.25, 0.3) is 0 Å². The molecule has 1 aromatic heterocycles. The average Bonchev–Trinajstić information content (AvgIpc) is 3.19. The first kappa shape index (κ1) is 17.6. The lowest BCUT2D eigenvalue weighted by atomic mass is 10.1. The smallest absolute Gasteiger partial charge is 0.338 e. The molecule has 126 valence electrons. The van der Waals surface area contributed by atoms with Gasteiger partial charge in [0, 0.05) is 5.56 Å². The highest BCUT2D eigenvalue weighted by Crippen LogP contribution is 2.29. The third kappa shape index (κ3) is 4.25. The van der Waals surface area contributed by atoms with E-state index in [1.54, 1.807) is 18.2 Å². The number of rotatable bonds is 5. The zero-order chi connectivity index (χ0) is 17.8. The molecule has 2 heterocycles. The van der Waals surface area contributed by atoms with Crippen LogP contribution in [0.1, 0.15) is 16.1 Å². The number of esters is 1. The van der Waals surface area contributed by atoms with Crippen LogP contribution in [-0.2, 0) is 4.74 Å². The number of furan rings is 1. The van der Waals surface area contributed by atoms with Crippen molar-refractivity contribution in [1.82, 2.24) is 5.32 Å². The number of hydrogen-bond acceptors (Lipinski definition) is 6. The van der Waals surface area contributed by atoms with Crippen LogP contribution in [0.15, 0.2) is 58.4 Å². The maximum Gasteiger partial charge on any atom is 0.338 e. The van der Waals surface area contributed by atoms with Crippen molar-refractivity contribution in [2.45, 2.75) is 0 Å². The Morgan fingerprint density at radius 3 is 2.88 bits per heavy atom. The fourth-order valence-corrected chi connectivity index (χ4v) is 3.61. The fourth-order valence-electron chi connectivity index (χ4n) is 2.15. The van der Waals surface area contributed by atoms with Crippen molar-refractivity contribution in [1.29, 1.82) is 0 Å². The number of nitrogens with one attached hydrogen (secondary N) is 1. The third-order valence-electron chi connectivity index (χ3n) is 3.26.